The van der Waals surface area contributed by atoms with Crippen molar-refractivity contribution in [2.75, 3.05) is 7.05 Å². The van der Waals surface area contributed by atoms with Crippen LogP contribution in [0.3, 0.4) is 0 Å². The van der Waals surface area contributed by atoms with Gasteiger partial charge >= 0.3 is 6.18 Å². The normalized spacial score (nSPS) is 17.0. The fourth-order valence-electron chi connectivity index (χ4n) is 0.968. The summed E-state index contributed by atoms with van der Waals surface area (Å²) >= 11 is 0. The van der Waals surface area contributed by atoms with Crippen LogP contribution in [0.25, 0.3) is 0 Å². The zero-order valence-electron chi connectivity index (χ0n) is 7.27. The molecule has 1 N–H and O–H groups in total. The average Bonchev–Trinajstić information content (AvgIpc) is 2.52. The van der Waals surface area contributed by atoms with Gasteiger partial charge in [0.05, 0.1) is 6.26 Å². The van der Waals surface area contributed by atoms with Gasteiger partial charge in [0, 0.05) is 0 Å². The van der Waals surface area contributed by atoms with E-state index in [1.807, 2.05) is 0 Å². The maximum atomic E-state index is 12.5. The molecule has 13 heavy (non-hydrogen) atoms. The molecule has 0 bridgehead atoms. The van der Waals surface area contributed by atoms with Crippen molar-refractivity contribution in [2.24, 2.45) is 0 Å². The first-order valence-corrected chi connectivity index (χ1v) is 3.71. The van der Waals surface area contributed by atoms with Crippen molar-refractivity contribution in [3.05, 3.63) is 24.2 Å². The summed E-state index contributed by atoms with van der Waals surface area (Å²) in [5, 5.41) is 2.20. The minimum Gasteiger partial charge on any atom is -0.467 e. The second-order valence-corrected chi connectivity index (χ2v) is 2.85. The Morgan fingerprint density at radius 2 is 2.00 bits per heavy atom. The molecular formula is C8H10F3NO. The fraction of sp³-hybridized carbons (Fsp3) is 0.500. The molecular weight excluding hydrogens is 183 g/mol. The van der Waals surface area contributed by atoms with Crippen molar-refractivity contribution in [1.82, 2.24) is 5.32 Å². The van der Waals surface area contributed by atoms with Gasteiger partial charge in [-0.2, -0.15) is 13.2 Å². The van der Waals surface area contributed by atoms with Gasteiger partial charge in [0.1, 0.15) is 5.76 Å². The van der Waals surface area contributed by atoms with Gasteiger partial charge in [0.2, 0.25) is 0 Å². The van der Waals surface area contributed by atoms with Crippen LogP contribution in [-0.4, -0.2) is 13.2 Å². The van der Waals surface area contributed by atoms with Crippen molar-refractivity contribution < 1.29 is 17.6 Å². The van der Waals surface area contributed by atoms with E-state index in [1.165, 1.54) is 25.4 Å². The fourth-order valence-corrected chi connectivity index (χ4v) is 0.968. The standard InChI is InChI=1S/C8H10F3NO/c1-7(12-2,8(9,10)11)6-4-3-5-13-6/h3-5,12H,1-2H3. The minimum absolute atomic E-state index is 0.137. The highest BCUT2D eigenvalue weighted by molar-refractivity contribution is 5.13. The van der Waals surface area contributed by atoms with Gasteiger partial charge in [-0.05, 0) is 26.1 Å². The van der Waals surface area contributed by atoms with Crippen molar-refractivity contribution in [1.29, 1.82) is 0 Å². The van der Waals surface area contributed by atoms with Crippen LogP contribution in [-0.2, 0) is 5.54 Å². The van der Waals surface area contributed by atoms with Crippen molar-refractivity contribution in [3.63, 3.8) is 0 Å². The van der Waals surface area contributed by atoms with Crippen LogP contribution in [0.4, 0.5) is 13.2 Å². The smallest absolute Gasteiger partial charge is 0.413 e. The molecule has 1 rings (SSSR count). The highest BCUT2D eigenvalue weighted by Gasteiger charge is 2.53. The maximum absolute atomic E-state index is 12.5. The second-order valence-electron chi connectivity index (χ2n) is 2.85. The summed E-state index contributed by atoms with van der Waals surface area (Å²) in [7, 11) is 1.25. The first-order chi connectivity index (χ1) is 5.92. The molecule has 0 amide bonds. The molecule has 1 heterocycles. The Morgan fingerprint density at radius 3 is 2.31 bits per heavy atom. The Bertz CT molecular complexity index is 267. The molecule has 0 spiro atoms. The Balaban J connectivity index is 3.09. The van der Waals surface area contributed by atoms with Gasteiger partial charge in [-0.3, -0.25) is 0 Å². The molecule has 0 saturated carbocycles. The molecule has 0 aliphatic rings. The first-order valence-electron chi connectivity index (χ1n) is 3.71. The van der Waals surface area contributed by atoms with E-state index in [-0.39, 0.29) is 5.76 Å². The molecule has 1 atom stereocenters. The summed E-state index contributed by atoms with van der Waals surface area (Å²) in [6, 6.07) is 2.72. The zero-order chi connectivity index (χ0) is 10.1. The molecule has 74 valence electrons. The Morgan fingerprint density at radius 1 is 1.38 bits per heavy atom. The van der Waals surface area contributed by atoms with E-state index < -0.39 is 11.7 Å². The summed E-state index contributed by atoms with van der Waals surface area (Å²) in [5.41, 5.74) is -2.11. The van der Waals surface area contributed by atoms with E-state index in [2.05, 4.69) is 5.32 Å². The average molecular weight is 193 g/mol. The molecule has 0 fully saturated rings. The molecule has 1 aromatic heterocycles. The van der Waals surface area contributed by atoms with Crippen LogP contribution in [0.15, 0.2) is 22.8 Å². The van der Waals surface area contributed by atoms with Crippen LogP contribution >= 0.6 is 0 Å². The highest BCUT2D eigenvalue weighted by Crippen LogP contribution is 2.38. The number of halogens is 3. The van der Waals surface area contributed by atoms with E-state index in [9.17, 15) is 13.2 Å². The van der Waals surface area contributed by atoms with Gasteiger partial charge < -0.3 is 9.73 Å². The number of hydrogen-bond acceptors (Lipinski definition) is 2. The molecule has 0 radical (unpaired) electrons. The van der Waals surface area contributed by atoms with Gasteiger partial charge in [0.25, 0.3) is 0 Å². The number of hydrogen-bond donors (Lipinski definition) is 1. The largest absolute Gasteiger partial charge is 0.467 e. The Labute approximate surface area is 73.7 Å². The van der Waals surface area contributed by atoms with Crippen LogP contribution < -0.4 is 5.32 Å². The zero-order valence-corrected chi connectivity index (χ0v) is 7.27. The van der Waals surface area contributed by atoms with Crippen LogP contribution in [0.1, 0.15) is 12.7 Å². The summed E-state index contributed by atoms with van der Waals surface area (Å²) < 4.78 is 42.4. The molecule has 5 heteroatoms. The maximum Gasteiger partial charge on any atom is 0.413 e. The van der Waals surface area contributed by atoms with Gasteiger partial charge in [-0.15, -0.1) is 0 Å². The summed E-state index contributed by atoms with van der Waals surface area (Å²) in [4.78, 5) is 0. The molecule has 1 unspecified atom stereocenters. The van der Waals surface area contributed by atoms with Crippen LogP contribution in [0, 0.1) is 0 Å². The van der Waals surface area contributed by atoms with Crippen molar-refractivity contribution in [3.8, 4) is 0 Å². The predicted octanol–water partition coefficient (Wildman–Crippen LogP) is 2.28. The Kier molecular flexibility index (Phi) is 2.38. The van der Waals surface area contributed by atoms with E-state index >= 15 is 0 Å². The lowest BCUT2D eigenvalue weighted by Crippen LogP contribution is -2.49. The van der Waals surface area contributed by atoms with Crippen molar-refractivity contribution >= 4 is 0 Å². The lowest BCUT2D eigenvalue weighted by Gasteiger charge is -2.29. The molecule has 0 saturated heterocycles. The Hall–Kier alpha value is -0.970. The first kappa shape index (κ1) is 10.1. The van der Waals surface area contributed by atoms with E-state index in [4.69, 9.17) is 4.42 Å². The summed E-state index contributed by atoms with van der Waals surface area (Å²) in [6.45, 7) is 1.03. The minimum atomic E-state index is -4.38. The van der Waals surface area contributed by atoms with Gasteiger partial charge in [-0.25, -0.2) is 0 Å². The van der Waals surface area contributed by atoms with E-state index in [0.717, 1.165) is 6.92 Å². The third-order valence-electron chi connectivity index (χ3n) is 2.08. The van der Waals surface area contributed by atoms with E-state index in [1.54, 1.807) is 0 Å². The van der Waals surface area contributed by atoms with E-state index in [0.29, 0.717) is 0 Å². The molecule has 0 aliphatic carbocycles. The predicted molar refractivity (Wildman–Crippen MR) is 41.2 cm³/mol. The topological polar surface area (TPSA) is 25.2 Å². The third-order valence-corrected chi connectivity index (χ3v) is 2.08. The number of furan rings is 1. The number of rotatable bonds is 2. The van der Waals surface area contributed by atoms with Crippen molar-refractivity contribution in [2.45, 2.75) is 18.6 Å². The summed E-state index contributed by atoms with van der Waals surface area (Å²) in [6.07, 6.45) is -3.16. The quantitative estimate of drug-likeness (QED) is 0.779. The molecule has 0 aliphatic heterocycles. The van der Waals surface area contributed by atoms with Gasteiger partial charge in [0.15, 0.2) is 5.54 Å². The van der Waals surface area contributed by atoms with Crippen LogP contribution in [0.5, 0.6) is 0 Å². The SMILES string of the molecule is CNC(C)(c1ccco1)C(F)(F)F. The lowest BCUT2D eigenvalue weighted by molar-refractivity contribution is -0.198. The highest BCUT2D eigenvalue weighted by atomic mass is 19.4. The lowest BCUT2D eigenvalue weighted by atomic mass is 9.99. The van der Waals surface area contributed by atoms with Gasteiger partial charge in [-0.1, -0.05) is 0 Å². The number of alkyl halides is 3. The molecule has 2 nitrogen and oxygen atoms in total. The molecule has 1 aromatic rings. The van der Waals surface area contributed by atoms with Crippen LogP contribution in [0.2, 0.25) is 0 Å². The summed E-state index contributed by atoms with van der Waals surface area (Å²) in [5.74, 6) is -0.137. The second kappa shape index (κ2) is 3.06. The molecule has 0 aromatic carbocycles. The third kappa shape index (κ3) is 1.56. The number of nitrogens with one attached hydrogen (secondary N) is 1. The monoisotopic (exact) mass is 193 g/mol.